The molecule has 0 aromatic heterocycles. The van der Waals surface area contributed by atoms with E-state index >= 15 is 0 Å². The Morgan fingerprint density at radius 3 is 2.21 bits per heavy atom. The lowest BCUT2D eigenvalue weighted by Gasteiger charge is -2.01. The fourth-order valence-electron chi connectivity index (χ4n) is 1.01. The van der Waals surface area contributed by atoms with E-state index in [0.717, 1.165) is 0 Å². The molecule has 0 heterocycles. The van der Waals surface area contributed by atoms with Crippen LogP contribution < -0.4 is 5.11 Å². The number of Topliss-reactive ketones (excluding diaryl/α,β-unsaturated/α-hetero) is 1. The van der Waals surface area contributed by atoms with E-state index in [-0.39, 0.29) is 24.4 Å². The first-order chi connectivity index (χ1) is 6.59. The molecule has 0 aliphatic rings. The van der Waals surface area contributed by atoms with Gasteiger partial charge in [0.25, 0.3) is 0 Å². The molecular formula is C10H9O4-. The van der Waals surface area contributed by atoms with Crippen LogP contribution in [0.4, 0.5) is 0 Å². The summed E-state index contributed by atoms with van der Waals surface area (Å²) in [5.41, 5.74) is 0.393. The maximum Gasteiger partial charge on any atom is 0.163 e. The zero-order valence-electron chi connectivity index (χ0n) is 7.40. The van der Waals surface area contributed by atoms with Gasteiger partial charge in [0.05, 0.1) is 0 Å². The van der Waals surface area contributed by atoms with Gasteiger partial charge in [-0.1, -0.05) is 0 Å². The summed E-state index contributed by atoms with van der Waals surface area (Å²) in [7, 11) is 0. The van der Waals surface area contributed by atoms with Crippen LogP contribution in [-0.2, 0) is 4.79 Å². The molecule has 0 saturated carbocycles. The third-order valence-electron chi connectivity index (χ3n) is 1.75. The summed E-state index contributed by atoms with van der Waals surface area (Å²) >= 11 is 0. The Balaban J connectivity index is 2.61. The highest BCUT2D eigenvalue weighted by atomic mass is 16.4. The van der Waals surface area contributed by atoms with Crippen LogP contribution in [0.3, 0.4) is 0 Å². The van der Waals surface area contributed by atoms with Gasteiger partial charge < -0.3 is 15.0 Å². The van der Waals surface area contributed by atoms with Crippen molar-refractivity contribution in [3.05, 3.63) is 29.8 Å². The summed E-state index contributed by atoms with van der Waals surface area (Å²) in [6, 6.07) is 5.67. The molecular weight excluding hydrogens is 184 g/mol. The number of benzene rings is 1. The summed E-state index contributed by atoms with van der Waals surface area (Å²) in [5, 5.41) is 19.0. The van der Waals surface area contributed by atoms with E-state index in [9.17, 15) is 14.7 Å². The predicted molar refractivity (Wildman–Crippen MR) is 46.7 cm³/mol. The molecule has 0 spiro atoms. The summed E-state index contributed by atoms with van der Waals surface area (Å²) < 4.78 is 0. The van der Waals surface area contributed by atoms with Crippen LogP contribution in [0.5, 0.6) is 5.75 Å². The van der Waals surface area contributed by atoms with E-state index in [0.29, 0.717) is 5.56 Å². The third kappa shape index (κ3) is 2.90. The Kier molecular flexibility index (Phi) is 3.23. The molecule has 4 heteroatoms. The molecule has 0 fully saturated rings. The summed E-state index contributed by atoms with van der Waals surface area (Å²) in [5.74, 6) is -1.44. The van der Waals surface area contributed by atoms with Crippen molar-refractivity contribution in [1.29, 1.82) is 0 Å². The number of rotatable bonds is 4. The minimum Gasteiger partial charge on any atom is -0.550 e. The van der Waals surface area contributed by atoms with Crippen LogP contribution in [-0.4, -0.2) is 16.9 Å². The smallest absolute Gasteiger partial charge is 0.163 e. The molecule has 1 aromatic rings. The molecule has 0 saturated heterocycles. The van der Waals surface area contributed by atoms with Crippen LogP contribution >= 0.6 is 0 Å². The van der Waals surface area contributed by atoms with Crippen molar-refractivity contribution in [3.63, 3.8) is 0 Å². The monoisotopic (exact) mass is 193 g/mol. The summed E-state index contributed by atoms with van der Waals surface area (Å²) in [4.78, 5) is 21.4. The van der Waals surface area contributed by atoms with E-state index in [1.165, 1.54) is 24.3 Å². The average Bonchev–Trinajstić information content (AvgIpc) is 2.15. The lowest BCUT2D eigenvalue weighted by molar-refractivity contribution is -0.305. The summed E-state index contributed by atoms with van der Waals surface area (Å²) in [6.45, 7) is 0. The van der Waals surface area contributed by atoms with Gasteiger partial charge in [-0.2, -0.15) is 0 Å². The molecule has 74 valence electrons. The minimum atomic E-state index is -1.24. The van der Waals surface area contributed by atoms with E-state index < -0.39 is 5.97 Å². The number of phenols is 1. The van der Waals surface area contributed by atoms with Gasteiger partial charge in [-0.25, -0.2) is 0 Å². The fourth-order valence-corrected chi connectivity index (χ4v) is 1.01. The Hall–Kier alpha value is -1.84. The molecule has 4 nitrogen and oxygen atoms in total. The van der Waals surface area contributed by atoms with Gasteiger partial charge in [-0.3, -0.25) is 4.79 Å². The number of carbonyl (C=O) groups excluding carboxylic acids is 2. The number of ketones is 1. The maximum absolute atomic E-state index is 11.3. The minimum absolute atomic E-state index is 0.0708. The average molecular weight is 193 g/mol. The van der Waals surface area contributed by atoms with E-state index in [2.05, 4.69) is 0 Å². The second-order valence-corrected chi connectivity index (χ2v) is 2.84. The van der Waals surface area contributed by atoms with Crippen molar-refractivity contribution in [2.45, 2.75) is 12.8 Å². The SMILES string of the molecule is O=C([O-])CCC(=O)c1ccc(O)cc1. The molecule has 1 N–H and O–H groups in total. The second kappa shape index (κ2) is 4.41. The molecule has 0 aliphatic carbocycles. The van der Waals surface area contributed by atoms with Gasteiger partial charge in [0, 0.05) is 18.0 Å². The highest BCUT2D eigenvalue weighted by Gasteiger charge is 2.04. The standard InChI is InChI=1S/C10H10O4/c11-8-3-1-7(2-4-8)9(12)5-6-10(13)14/h1-4,11H,5-6H2,(H,13,14)/p-1. The number of carbonyl (C=O) groups is 2. The number of carboxylic acid groups (broad SMARTS) is 1. The number of carboxylic acids is 1. The number of phenolic OH excluding ortho intramolecular Hbond substituents is 1. The normalized spacial score (nSPS) is 9.71. The van der Waals surface area contributed by atoms with Gasteiger partial charge in [0.1, 0.15) is 5.75 Å². The molecule has 0 amide bonds. The molecule has 1 aromatic carbocycles. The molecule has 0 radical (unpaired) electrons. The first-order valence-electron chi connectivity index (χ1n) is 4.11. The van der Waals surface area contributed by atoms with E-state index in [4.69, 9.17) is 5.11 Å². The van der Waals surface area contributed by atoms with Gasteiger partial charge in [0.15, 0.2) is 5.78 Å². The van der Waals surface area contributed by atoms with E-state index in [1.807, 2.05) is 0 Å². The largest absolute Gasteiger partial charge is 0.550 e. The topological polar surface area (TPSA) is 77.4 Å². The lowest BCUT2D eigenvalue weighted by atomic mass is 10.1. The molecule has 14 heavy (non-hydrogen) atoms. The van der Waals surface area contributed by atoms with Gasteiger partial charge in [-0.15, -0.1) is 0 Å². The van der Waals surface area contributed by atoms with Crippen molar-refractivity contribution < 1.29 is 19.8 Å². The van der Waals surface area contributed by atoms with Crippen LogP contribution in [0, 0.1) is 0 Å². The zero-order valence-corrected chi connectivity index (χ0v) is 7.40. The Morgan fingerprint density at radius 2 is 1.71 bits per heavy atom. The van der Waals surface area contributed by atoms with Crippen LogP contribution in [0.2, 0.25) is 0 Å². The third-order valence-corrected chi connectivity index (χ3v) is 1.75. The highest BCUT2D eigenvalue weighted by Crippen LogP contribution is 2.11. The van der Waals surface area contributed by atoms with Crippen LogP contribution in [0.15, 0.2) is 24.3 Å². The number of aliphatic carboxylic acids is 1. The van der Waals surface area contributed by atoms with Crippen molar-refractivity contribution in [2.75, 3.05) is 0 Å². The van der Waals surface area contributed by atoms with Crippen molar-refractivity contribution in [3.8, 4) is 5.75 Å². The second-order valence-electron chi connectivity index (χ2n) is 2.84. The zero-order chi connectivity index (χ0) is 10.6. The Morgan fingerprint density at radius 1 is 1.14 bits per heavy atom. The van der Waals surface area contributed by atoms with E-state index in [1.54, 1.807) is 0 Å². The number of aromatic hydroxyl groups is 1. The predicted octanol–water partition coefficient (Wildman–Crippen LogP) is 0.105. The molecule has 0 unspecified atom stereocenters. The van der Waals surface area contributed by atoms with Crippen LogP contribution in [0.25, 0.3) is 0 Å². The van der Waals surface area contributed by atoms with Crippen LogP contribution in [0.1, 0.15) is 23.2 Å². The highest BCUT2D eigenvalue weighted by molar-refractivity contribution is 5.97. The van der Waals surface area contributed by atoms with Crippen molar-refractivity contribution >= 4 is 11.8 Å². The summed E-state index contributed by atoms with van der Waals surface area (Å²) in [6.07, 6.45) is -0.354. The fraction of sp³-hybridized carbons (Fsp3) is 0.200. The van der Waals surface area contributed by atoms with Gasteiger partial charge in [0.2, 0.25) is 0 Å². The number of hydrogen-bond donors (Lipinski definition) is 1. The van der Waals surface area contributed by atoms with Crippen molar-refractivity contribution in [2.24, 2.45) is 0 Å². The van der Waals surface area contributed by atoms with Gasteiger partial charge >= 0.3 is 0 Å². The molecule has 0 aliphatic heterocycles. The first kappa shape index (κ1) is 10.2. The van der Waals surface area contributed by atoms with Gasteiger partial charge in [-0.05, 0) is 30.7 Å². The molecule has 0 bridgehead atoms. The quantitative estimate of drug-likeness (QED) is 0.688. The van der Waals surface area contributed by atoms with Crippen molar-refractivity contribution in [1.82, 2.24) is 0 Å². The first-order valence-corrected chi connectivity index (χ1v) is 4.11. The maximum atomic E-state index is 11.3. The molecule has 1 rings (SSSR count). The Bertz CT molecular complexity index is 340. The number of hydrogen-bond acceptors (Lipinski definition) is 4. The molecule has 0 atom stereocenters. The Labute approximate surface area is 80.8 Å². The lowest BCUT2D eigenvalue weighted by Crippen LogP contribution is -2.22.